The van der Waals surface area contributed by atoms with E-state index in [1.807, 2.05) is 6.07 Å². The van der Waals surface area contributed by atoms with Gasteiger partial charge in [0.15, 0.2) is 11.5 Å². The minimum absolute atomic E-state index is 0.0204. The molecule has 1 unspecified atom stereocenters. The minimum Gasteiger partial charge on any atom is -0.493 e. The fraction of sp³-hybridized carbons (Fsp3) is 0.241. The third-order valence-corrected chi connectivity index (χ3v) is 6.00. The zero-order valence-corrected chi connectivity index (χ0v) is 20.9. The zero-order valence-electron chi connectivity index (χ0n) is 20.9. The summed E-state index contributed by atoms with van der Waals surface area (Å²) in [7, 11) is 3.10. The van der Waals surface area contributed by atoms with Crippen LogP contribution in [0.3, 0.4) is 0 Å². The Morgan fingerprint density at radius 2 is 1.81 bits per heavy atom. The van der Waals surface area contributed by atoms with Crippen LogP contribution in [0.25, 0.3) is 0 Å². The number of rotatable bonds is 9. The van der Waals surface area contributed by atoms with Gasteiger partial charge in [-0.15, -0.1) is 0 Å². The summed E-state index contributed by atoms with van der Waals surface area (Å²) in [6, 6.07) is 19.5. The predicted octanol–water partition coefficient (Wildman–Crippen LogP) is 5.32. The molecule has 0 saturated carbocycles. The standard InChI is InChI=1S/C29H28N2O6/c1-4-5-14-35-23-9-7-6-8-21(23)29(32)36-19-11-12-20-25(16-19)37-28(31)22(17-30)27(20)18-10-13-24(33-2)26(15-18)34-3/h6-13,15-16,27H,4-5,14,31H2,1-3H3. The van der Waals surface area contributed by atoms with E-state index in [2.05, 4.69) is 13.0 Å². The Hall–Kier alpha value is -4.64. The van der Waals surface area contributed by atoms with Gasteiger partial charge in [-0.25, -0.2) is 4.79 Å². The van der Waals surface area contributed by atoms with Crippen LogP contribution in [0.2, 0.25) is 0 Å². The van der Waals surface area contributed by atoms with Crippen LogP contribution in [0.1, 0.15) is 47.2 Å². The number of esters is 1. The van der Waals surface area contributed by atoms with Crippen LogP contribution in [0, 0.1) is 11.3 Å². The molecule has 0 bridgehead atoms. The van der Waals surface area contributed by atoms with Crippen molar-refractivity contribution in [3.8, 4) is 34.8 Å². The van der Waals surface area contributed by atoms with Crippen molar-refractivity contribution in [1.29, 1.82) is 5.26 Å². The predicted molar refractivity (Wildman–Crippen MR) is 137 cm³/mol. The van der Waals surface area contributed by atoms with Gasteiger partial charge in [-0.3, -0.25) is 0 Å². The Morgan fingerprint density at radius 1 is 1.03 bits per heavy atom. The highest BCUT2D eigenvalue weighted by atomic mass is 16.5. The van der Waals surface area contributed by atoms with Crippen LogP contribution in [0.5, 0.6) is 28.7 Å². The zero-order chi connectivity index (χ0) is 26.4. The average molecular weight is 501 g/mol. The number of hydrogen-bond acceptors (Lipinski definition) is 8. The quantitative estimate of drug-likeness (QED) is 0.239. The molecule has 2 N–H and O–H groups in total. The Balaban J connectivity index is 1.65. The number of carbonyl (C=O) groups excluding carboxylic acids is 1. The van der Waals surface area contributed by atoms with Crippen molar-refractivity contribution in [1.82, 2.24) is 0 Å². The molecular formula is C29H28N2O6. The molecule has 0 spiro atoms. The number of methoxy groups -OCH3 is 2. The molecule has 1 atom stereocenters. The second-order valence-electron chi connectivity index (χ2n) is 8.33. The second kappa shape index (κ2) is 11.4. The number of carbonyl (C=O) groups is 1. The van der Waals surface area contributed by atoms with Crippen molar-refractivity contribution in [2.45, 2.75) is 25.7 Å². The van der Waals surface area contributed by atoms with Crippen LogP contribution < -0.4 is 29.4 Å². The SMILES string of the molecule is CCCCOc1ccccc1C(=O)Oc1ccc2c(c1)OC(N)=C(C#N)C2c1ccc(OC)c(OC)c1. The number of allylic oxidation sites excluding steroid dienone is 1. The van der Waals surface area contributed by atoms with Crippen molar-refractivity contribution in [2.75, 3.05) is 20.8 Å². The molecule has 8 nitrogen and oxygen atoms in total. The van der Waals surface area contributed by atoms with Gasteiger partial charge in [-0.1, -0.05) is 37.6 Å². The lowest BCUT2D eigenvalue weighted by Crippen LogP contribution is -2.21. The average Bonchev–Trinajstić information content (AvgIpc) is 2.92. The van der Waals surface area contributed by atoms with Gasteiger partial charge in [0.2, 0.25) is 5.88 Å². The molecule has 190 valence electrons. The summed E-state index contributed by atoms with van der Waals surface area (Å²) in [5.41, 5.74) is 8.19. The highest BCUT2D eigenvalue weighted by Gasteiger charge is 2.32. The van der Waals surface area contributed by atoms with E-state index in [0.717, 1.165) is 18.4 Å². The van der Waals surface area contributed by atoms with Crippen molar-refractivity contribution in [2.24, 2.45) is 5.73 Å². The first kappa shape index (κ1) is 25.5. The lowest BCUT2D eigenvalue weighted by molar-refractivity contribution is 0.0730. The maximum Gasteiger partial charge on any atom is 0.347 e. The van der Waals surface area contributed by atoms with E-state index in [1.165, 1.54) is 0 Å². The normalized spacial score (nSPS) is 14.2. The molecule has 0 fully saturated rings. The summed E-state index contributed by atoms with van der Waals surface area (Å²) in [4.78, 5) is 13.0. The molecule has 37 heavy (non-hydrogen) atoms. The molecule has 1 aliphatic rings. The van der Waals surface area contributed by atoms with Gasteiger partial charge in [0, 0.05) is 11.6 Å². The van der Waals surface area contributed by atoms with Crippen LogP contribution in [-0.2, 0) is 0 Å². The topological polar surface area (TPSA) is 113 Å². The molecular weight excluding hydrogens is 472 g/mol. The van der Waals surface area contributed by atoms with Crippen molar-refractivity contribution in [3.63, 3.8) is 0 Å². The smallest absolute Gasteiger partial charge is 0.347 e. The fourth-order valence-electron chi connectivity index (χ4n) is 4.12. The molecule has 0 amide bonds. The first-order valence-corrected chi connectivity index (χ1v) is 11.9. The summed E-state index contributed by atoms with van der Waals surface area (Å²) < 4.78 is 28.0. The highest BCUT2D eigenvalue weighted by Crippen LogP contribution is 2.45. The van der Waals surface area contributed by atoms with E-state index in [0.29, 0.717) is 40.7 Å². The number of nitriles is 1. The van der Waals surface area contributed by atoms with Gasteiger partial charge in [-0.05, 0) is 42.3 Å². The highest BCUT2D eigenvalue weighted by molar-refractivity contribution is 5.94. The van der Waals surface area contributed by atoms with E-state index >= 15 is 0 Å². The number of para-hydroxylation sites is 1. The minimum atomic E-state index is -0.555. The molecule has 3 aromatic rings. The Labute approximate surface area is 215 Å². The van der Waals surface area contributed by atoms with E-state index in [1.54, 1.807) is 68.8 Å². The number of benzene rings is 3. The van der Waals surface area contributed by atoms with Crippen molar-refractivity contribution < 1.29 is 28.5 Å². The van der Waals surface area contributed by atoms with Crippen LogP contribution in [-0.4, -0.2) is 26.8 Å². The number of ether oxygens (including phenoxy) is 5. The van der Waals surface area contributed by atoms with Crippen molar-refractivity contribution >= 4 is 5.97 Å². The summed E-state index contributed by atoms with van der Waals surface area (Å²) in [5.74, 6) is 1.12. The Bertz CT molecular complexity index is 1380. The molecule has 0 aromatic heterocycles. The number of nitrogens with two attached hydrogens (primary N) is 1. The van der Waals surface area contributed by atoms with Gasteiger partial charge in [0.05, 0.1) is 26.7 Å². The number of hydrogen-bond donors (Lipinski definition) is 1. The summed E-state index contributed by atoms with van der Waals surface area (Å²) in [6.45, 7) is 2.58. The fourth-order valence-corrected chi connectivity index (χ4v) is 4.12. The molecule has 4 rings (SSSR count). The van der Waals surface area contributed by atoms with Gasteiger partial charge in [0.25, 0.3) is 0 Å². The summed E-state index contributed by atoms with van der Waals surface area (Å²) >= 11 is 0. The molecule has 8 heteroatoms. The first-order chi connectivity index (χ1) is 18.0. The lowest BCUT2D eigenvalue weighted by atomic mass is 9.83. The maximum absolute atomic E-state index is 13.0. The Kier molecular flexibility index (Phi) is 7.84. The molecule has 0 radical (unpaired) electrons. The van der Waals surface area contributed by atoms with Crippen LogP contribution in [0.4, 0.5) is 0 Å². The molecule has 1 heterocycles. The van der Waals surface area contributed by atoms with Gasteiger partial charge in [0.1, 0.15) is 34.5 Å². The first-order valence-electron chi connectivity index (χ1n) is 11.9. The number of fused-ring (bicyclic) bond motifs is 1. The summed E-state index contributed by atoms with van der Waals surface area (Å²) in [5, 5.41) is 9.84. The summed E-state index contributed by atoms with van der Waals surface area (Å²) in [6.07, 6.45) is 1.86. The molecule has 0 saturated heterocycles. The lowest BCUT2D eigenvalue weighted by Gasteiger charge is -2.27. The van der Waals surface area contributed by atoms with E-state index in [4.69, 9.17) is 29.4 Å². The van der Waals surface area contributed by atoms with Crippen molar-refractivity contribution in [3.05, 3.63) is 88.8 Å². The van der Waals surface area contributed by atoms with Crippen LogP contribution in [0.15, 0.2) is 72.1 Å². The third kappa shape index (κ3) is 5.31. The monoisotopic (exact) mass is 500 g/mol. The van der Waals surface area contributed by atoms with E-state index in [9.17, 15) is 10.1 Å². The largest absolute Gasteiger partial charge is 0.493 e. The van der Waals surface area contributed by atoms with Gasteiger partial charge >= 0.3 is 5.97 Å². The van der Waals surface area contributed by atoms with Crippen LogP contribution >= 0.6 is 0 Å². The molecule has 1 aliphatic heterocycles. The van der Waals surface area contributed by atoms with E-state index < -0.39 is 11.9 Å². The second-order valence-corrected chi connectivity index (χ2v) is 8.33. The maximum atomic E-state index is 13.0. The van der Waals surface area contributed by atoms with Gasteiger partial charge in [-0.2, -0.15) is 5.26 Å². The number of unbranched alkanes of at least 4 members (excludes halogenated alkanes) is 1. The molecule has 3 aromatic carbocycles. The third-order valence-electron chi connectivity index (χ3n) is 6.00. The van der Waals surface area contributed by atoms with Gasteiger partial charge < -0.3 is 29.4 Å². The number of nitrogens with zero attached hydrogens (tertiary/aromatic N) is 1. The van der Waals surface area contributed by atoms with E-state index in [-0.39, 0.29) is 17.2 Å². The Morgan fingerprint density at radius 3 is 2.54 bits per heavy atom. The molecule has 0 aliphatic carbocycles.